The van der Waals surface area contributed by atoms with Crippen LogP contribution in [0.15, 0.2) is 0 Å². The average molecular weight is 228 g/mol. The summed E-state index contributed by atoms with van der Waals surface area (Å²) in [6, 6.07) is 0. The van der Waals surface area contributed by atoms with Crippen LogP contribution in [-0.4, -0.2) is 12.1 Å². The van der Waals surface area contributed by atoms with Crippen molar-refractivity contribution in [2.24, 2.45) is 5.92 Å². The van der Waals surface area contributed by atoms with E-state index in [9.17, 15) is 4.79 Å². The molecule has 0 saturated heterocycles. The molecule has 0 aromatic carbocycles. The summed E-state index contributed by atoms with van der Waals surface area (Å²) >= 11 is 0. The highest BCUT2D eigenvalue weighted by atomic mass is 16.5. The molecule has 0 N–H and O–H groups in total. The maximum atomic E-state index is 10.7. The van der Waals surface area contributed by atoms with Crippen molar-refractivity contribution in [3.8, 4) is 0 Å². The molecule has 96 valence electrons. The molecule has 0 bridgehead atoms. The van der Waals surface area contributed by atoms with Gasteiger partial charge in [-0.25, -0.2) is 0 Å². The minimum atomic E-state index is -0.163. The number of carbonyl (C=O) groups excluding carboxylic acids is 1. The summed E-state index contributed by atoms with van der Waals surface area (Å²) in [5.74, 6) is 0.674. The first kappa shape index (κ1) is 15.5. The van der Waals surface area contributed by atoms with Gasteiger partial charge in [-0.1, -0.05) is 46.0 Å². The van der Waals surface area contributed by atoms with Gasteiger partial charge in [-0.05, 0) is 25.7 Å². The maximum absolute atomic E-state index is 10.7. The third-order valence-electron chi connectivity index (χ3n) is 2.76. The second kappa shape index (κ2) is 9.68. The van der Waals surface area contributed by atoms with Crippen LogP contribution in [0.4, 0.5) is 0 Å². The van der Waals surface area contributed by atoms with E-state index in [1.54, 1.807) is 0 Å². The molecule has 0 aliphatic carbocycles. The molecule has 0 unspecified atom stereocenters. The highest BCUT2D eigenvalue weighted by molar-refractivity contribution is 5.66. The first-order valence-electron chi connectivity index (χ1n) is 6.69. The third-order valence-corrected chi connectivity index (χ3v) is 2.76. The van der Waals surface area contributed by atoms with Crippen molar-refractivity contribution in [3.63, 3.8) is 0 Å². The summed E-state index contributed by atoms with van der Waals surface area (Å²) in [5.41, 5.74) is 0. The molecule has 0 rings (SSSR count). The van der Waals surface area contributed by atoms with Gasteiger partial charge in [0, 0.05) is 6.92 Å². The van der Waals surface area contributed by atoms with E-state index in [1.807, 2.05) is 6.92 Å². The number of hydrogen-bond donors (Lipinski definition) is 0. The quantitative estimate of drug-likeness (QED) is 0.434. The lowest BCUT2D eigenvalue weighted by Crippen LogP contribution is -2.11. The summed E-state index contributed by atoms with van der Waals surface area (Å²) in [6.07, 6.45) is 8.91. The predicted octanol–water partition coefficient (Wildman–Crippen LogP) is 4.32. The van der Waals surface area contributed by atoms with E-state index in [2.05, 4.69) is 13.8 Å². The fourth-order valence-corrected chi connectivity index (χ4v) is 1.86. The topological polar surface area (TPSA) is 26.3 Å². The fourth-order valence-electron chi connectivity index (χ4n) is 1.86. The molecule has 0 spiro atoms. The number of unbranched alkanes of at least 4 members (excludes halogenated alkanes) is 4. The molecular formula is C14H28O2. The van der Waals surface area contributed by atoms with E-state index in [-0.39, 0.29) is 12.1 Å². The van der Waals surface area contributed by atoms with E-state index in [0.717, 1.165) is 12.3 Å². The van der Waals surface area contributed by atoms with Gasteiger partial charge in [0.2, 0.25) is 0 Å². The van der Waals surface area contributed by atoms with Crippen LogP contribution >= 0.6 is 0 Å². The summed E-state index contributed by atoms with van der Waals surface area (Å²) in [5, 5.41) is 0. The van der Waals surface area contributed by atoms with E-state index in [0.29, 0.717) is 0 Å². The highest BCUT2D eigenvalue weighted by Gasteiger charge is 2.04. The minimum absolute atomic E-state index is 0.0909. The molecule has 2 nitrogen and oxygen atoms in total. The van der Waals surface area contributed by atoms with Crippen molar-refractivity contribution in [1.82, 2.24) is 0 Å². The molecule has 0 aliphatic rings. The Labute approximate surface area is 101 Å². The van der Waals surface area contributed by atoms with Crippen molar-refractivity contribution in [3.05, 3.63) is 0 Å². The SMILES string of the molecule is CC(=O)O[C@@H](C)CCCCCCCC(C)C. The van der Waals surface area contributed by atoms with Crippen LogP contribution < -0.4 is 0 Å². The monoisotopic (exact) mass is 228 g/mol. The Balaban J connectivity index is 3.17. The lowest BCUT2D eigenvalue weighted by Gasteiger charge is -2.11. The van der Waals surface area contributed by atoms with Gasteiger partial charge in [0.25, 0.3) is 0 Å². The standard InChI is InChI=1S/C14H28O2/c1-12(2)10-8-6-5-7-9-11-13(3)16-14(4)15/h12-13H,5-11H2,1-4H3/t13-/m0/s1. The molecule has 0 radical (unpaired) electrons. The first-order chi connectivity index (χ1) is 7.52. The van der Waals surface area contributed by atoms with E-state index in [1.165, 1.54) is 45.4 Å². The number of rotatable bonds is 9. The zero-order valence-electron chi connectivity index (χ0n) is 11.4. The smallest absolute Gasteiger partial charge is 0.302 e. The summed E-state index contributed by atoms with van der Waals surface area (Å²) in [6.45, 7) is 8.00. The highest BCUT2D eigenvalue weighted by Crippen LogP contribution is 2.12. The Morgan fingerprint density at radius 2 is 1.44 bits per heavy atom. The second-order valence-electron chi connectivity index (χ2n) is 5.16. The average Bonchev–Trinajstić information content (AvgIpc) is 2.14. The minimum Gasteiger partial charge on any atom is -0.463 e. The largest absolute Gasteiger partial charge is 0.463 e. The molecule has 0 saturated carbocycles. The lowest BCUT2D eigenvalue weighted by atomic mass is 10.0. The Kier molecular flexibility index (Phi) is 9.36. The molecule has 16 heavy (non-hydrogen) atoms. The van der Waals surface area contributed by atoms with Crippen molar-refractivity contribution in [2.45, 2.75) is 78.7 Å². The molecule has 0 aromatic heterocycles. The van der Waals surface area contributed by atoms with Gasteiger partial charge in [-0.3, -0.25) is 4.79 Å². The second-order valence-corrected chi connectivity index (χ2v) is 5.16. The fraction of sp³-hybridized carbons (Fsp3) is 0.929. The van der Waals surface area contributed by atoms with Crippen LogP contribution in [0.5, 0.6) is 0 Å². The molecular weight excluding hydrogens is 200 g/mol. The van der Waals surface area contributed by atoms with Crippen LogP contribution in [0.3, 0.4) is 0 Å². The normalized spacial score (nSPS) is 12.8. The number of esters is 1. The predicted molar refractivity (Wildman–Crippen MR) is 68.4 cm³/mol. The lowest BCUT2D eigenvalue weighted by molar-refractivity contribution is -0.145. The van der Waals surface area contributed by atoms with Crippen molar-refractivity contribution in [1.29, 1.82) is 0 Å². The molecule has 1 atom stereocenters. The van der Waals surface area contributed by atoms with Crippen LogP contribution in [0, 0.1) is 5.92 Å². The van der Waals surface area contributed by atoms with Crippen LogP contribution in [0.1, 0.15) is 72.6 Å². The molecule has 0 aromatic rings. The van der Waals surface area contributed by atoms with Gasteiger partial charge in [0.15, 0.2) is 0 Å². The maximum Gasteiger partial charge on any atom is 0.302 e. The Morgan fingerprint density at radius 3 is 1.94 bits per heavy atom. The van der Waals surface area contributed by atoms with Gasteiger partial charge < -0.3 is 4.74 Å². The Hall–Kier alpha value is -0.530. The molecule has 2 heteroatoms. The van der Waals surface area contributed by atoms with Gasteiger partial charge in [0.05, 0.1) is 6.10 Å². The number of carbonyl (C=O) groups is 1. The summed E-state index contributed by atoms with van der Waals surface area (Å²) < 4.78 is 5.07. The number of ether oxygens (including phenoxy) is 1. The van der Waals surface area contributed by atoms with Crippen molar-refractivity contribution >= 4 is 5.97 Å². The van der Waals surface area contributed by atoms with Crippen molar-refractivity contribution < 1.29 is 9.53 Å². The van der Waals surface area contributed by atoms with Crippen LogP contribution in [0.2, 0.25) is 0 Å². The zero-order chi connectivity index (χ0) is 12.4. The van der Waals surface area contributed by atoms with Crippen molar-refractivity contribution in [2.75, 3.05) is 0 Å². The van der Waals surface area contributed by atoms with Gasteiger partial charge in [0.1, 0.15) is 0 Å². The van der Waals surface area contributed by atoms with Gasteiger partial charge >= 0.3 is 5.97 Å². The molecule has 0 aliphatic heterocycles. The van der Waals surface area contributed by atoms with Crippen LogP contribution in [0.25, 0.3) is 0 Å². The molecule has 0 heterocycles. The zero-order valence-corrected chi connectivity index (χ0v) is 11.4. The van der Waals surface area contributed by atoms with E-state index in [4.69, 9.17) is 4.74 Å². The third kappa shape index (κ3) is 11.5. The van der Waals surface area contributed by atoms with E-state index >= 15 is 0 Å². The van der Waals surface area contributed by atoms with Gasteiger partial charge in [-0.2, -0.15) is 0 Å². The Morgan fingerprint density at radius 1 is 0.938 bits per heavy atom. The molecule has 0 amide bonds. The molecule has 0 fully saturated rings. The Bertz CT molecular complexity index is 176. The first-order valence-corrected chi connectivity index (χ1v) is 6.69. The van der Waals surface area contributed by atoms with Gasteiger partial charge in [-0.15, -0.1) is 0 Å². The summed E-state index contributed by atoms with van der Waals surface area (Å²) in [4.78, 5) is 10.7. The van der Waals surface area contributed by atoms with Crippen LogP contribution in [-0.2, 0) is 9.53 Å². The number of hydrogen-bond acceptors (Lipinski definition) is 2. The summed E-state index contributed by atoms with van der Waals surface area (Å²) in [7, 11) is 0. The van der Waals surface area contributed by atoms with E-state index < -0.39 is 0 Å².